The largest absolute Gasteiger partial charge is 0.369 e. The first-order valence-corrected chi connectivity index (χ1v) is 6.24. The topological polar surface area (TPSA) is 69.8 Å². The van der Waals surface area contributed by atoms with E-state index in [-0.39, 0.29) is 5.56 Å². The van der Waals surface area contributed by atoms with E-state index in [0.29, 0.717) is 16.2 Å². The molecular weight excluding hydrogens is 272 g/mol. The van der Waals surface area contributed by atoms with Gasteiger partial charge in [0.15, 0.2) is 0 Å². The smallest absolute Gasteiger partial charge is 0.267 e. The van der Waals surface area contributed by atoms with Crippen LogP contribution in [0.5, 0.6) is 0 Å². The third kappa shape index (κ3) is 2.82. The van der Waals surface area contributed by atoms with Crippen molar-refractivity contribution in [3.63, 3.8) is 0 Å². The number of hydrogen-bond acceptors (Lipinski definition) is 4. The highest BCUT2D eigenvalue weighted by molar-refractivity contribution is 9.10. The van der Waals surface area contributed by atoms with Gasteiger partial charge in [0.25, 0.3) is 5.56 Å². The number of nitrogens with one attached hydrogen (secondary N) is 3. The Hall–Kier alpha value is -0.880. The van der Waals surface area contributed by atoms with E-state index in [9.17, 15) is 4.79 Å². The van der Waals surface area contributed by atoms with Crippen molar-refractivity contribution in [1.82, 2.24) is 15.3 Å². The fourth-order valence-electron chi connectivity index (χ4n) is 1.85. The first-order chi connectivity index (χ1) is 7.77. The Morgan fingerprint density at radius 2 is 2.50 bits per heavy atom. The maximum absolute atomic E-state index is 11.3. The van der Waals surface area contributed by atoms with Gasteiger partial charge in [-0.2, -0.15) is 0 Å². The molecule has 5 nitrogen and oxygen atoms in total. The SMILES string of the molecule is O=c1[nH]cnc(NCC2CCCNC2)c1Br. The van der Waals surface area contributed by atoms with E-state index >= 15 is 0 Å². The number of H-pyrrole nitrogens is 1. The molecule has 1 aromatic rings. The fraction of sp³-hybridized carbons (Fsp3) is 0.600. The number of halogens is 1. The molecule has 6 heteroatoms. The van der Waals surface area contributed by atoms with Gasteiger partial charge in [0, 0.05) is 6.54 Å². The fourth-order valence-corrected chi connectivity index (χ4v) is 2.20. The van der Waals surface area contributed by atoms with E-state index in [1.807, 2.05) is 0 Å². The minimum Gasteiger partial charge on any atom is -0.369 e. The molecule has 0 spiro atoms. The number of aromatic nitrogens is 2. The predicted octanol–water partition coefficient (Wildman–Crippen LogP) is 0.944. The molecule has 2 rings (SSSR count). The molecule has 2 heterocycles. The van der Waals surface area contributed by atoms with Crippen LogP contribution < -0.4 is 16.2 Å². The molecular formula is C10H15BrN4O. The number of piperidine rings is 1. The van der Waals surface area contributed by atoms with Crippen molar-refractivity contribution >= 4 is 21.7 Å². The van der Waals surface area contributed by atoms with E-state index in [1.54, 1.807) is 0 Å². The molecule has 0 saturated carbocycles. The highest BCUT2D eigenvalue weighted by Gasteiger charge is 2.13. The van der Waals surface area contributed by atoms with E-state index in [0.717, 1.165) is 19.6 Å². The van der Waals surface area contributed by atoms with E-state index in [1.165, 1.54) is 19.2 Å². The zero-order chi connectivity index (χ0) is 11.4. The molecule has 0 amide bonds. The molecule has 1 atom stereocenters. The molecule has 1 aliphatic rings. The van der Waals surface area contributed by atoms with Gasteiger partial charge in [-0.3, -0.25) is 4.79 Å². The summed E-state index contributed by atoms with van der Waals surface area (Å²) < 4.78 is 0.471. The van der Waals surface area contributed by atoms with Crippen molar-refractivity contribution in [3.05, 3.63) is 21.2 Å². The second kappa shape index (κ2) is 5.45. The van der Waals surface area contributed by atoms with Crippen LogP contribution in [0.25, 0.3) is 0 Å². The molecule has 0 radical (unpaired) electrons. The summed E-state index contributed by atoms with van der Waals surface area (Å²) in [5, 5.41) is 6.56. The van der Waals surface area contributed by atoms with Gasteiger partial charge in [-0.15, -0.1) is 0 Å². The summed E-state index contributed by atoms with van der Waals surface area (Å²) in [6.07, 6.45) is 3.85. The van der Waals surface area contributed by atoms with Gasteiger partial charge >= 0.3 is 0 Å². The standard InChI is InChI=1S/C10H15BrN4O/c11-8-9(14-6-15-10(8)16)13-5-7-2-1-3-12-4-7/h6-7,12H,1-5H2,(H2,13,14,15,16). The van der Waals surface area contributed by atoms with E-state index < -0.39 is 0 Å². The number of anilines is 1. The van der Waals surface area contributed by atoms with Crippen molar-refractivity contribution in [3.8, 4) is 0 Å². The van der Waals surface area contributed by atoms with Crippen LogP contribution in [0.2, 0.25) is 0 Å². The Labute approximate surface area is 102 Å². The molecule has 88 valence electrons. The molecule has 1 saturated heterocycles. The summed E-state index contributed by atoms with van der Waals surface area (Å²) in [6, 6.07) is 0. The number of hydrogen-bond donors (Lipinski definition) is 3. The lowest BCUT2D eigenvalue weighted by Crippen LogP contribution is -2.33. The Bertz CT molecular complexity index is 400. The maximum Gasteiger partial charge on any atom is 0.267 e. The third-order valence-corrected chi connectivity index (χ3v) is 3.49. The summed E-state index contributed by atoms with van der Waals surface area (Å²) in [5.74, 6) is 1.23. The van der Waals surface area contributed by atoms with Crippen LogP contribution in [0.15, 0.2) is 15.6 Å². The summed E-state index contributed by atoms with van der Waals surface area (Å²) in [4.78, 5) is 17.9. The molecule has 1 aliphatic heterocycles. The lowest BCUT2D eigenvalue weighted by molar-refractivity contribution is 0.392. The van der Waals surface area contributed by atoms with Crippen LogP contribution in [0.3, 0.4) is 0 Å². The summed E-state index contributed by atoms with van der Waals surface area (Å²) >= 11 is 3.22. The summed E-state index contributed by atoms with van der Waals surface area (Å²) in [7, 11) is 0. The first kappa shape index (κ1) is 11.6. The molecule has 3 N–H and O–H groups in total. The van der Waals surface area contributed by atoms with Crippen molar-refractivity contribution in [2.45, 2.75) is 12.8 Å². The summed E-state index contributed by atoms with van der Waals surface area (Å²) in [6.45, 7) is 3.00. The van der Waals surface area contributed by atoms with Crippen LogP contribution in [0.1, 0.15) is 12.8 Å². The normalized spacial score (nSPS) is 20.7. The molecule has 16 heavy (non-hydrogen) atoms. The Balaban J connectivity index is 1.93. The molecule has 0 aromatic carbocycles. The van der Waals surface area contributed by atoms with E-state index in [4.69, 9.17) is 0 Å². The van der Waals surface area contributed by atoms with Crippen molar-refractivity contribution in [2.75, 3.05) is 25.0 Å². The zero-order valence-electron chi connectivity index (χ0n) is 8.92. The first-order valence-electron chi connectivity index (χ1n) is 5.45. The number of rotatable bonds is 3. The van der Waals surface area contributed by atoms with Gasteiger partial charge in [-0.1, -0.05) is 0 Å². The van der Waals surface area contributed by atoms with Crippen LogP contribution >= 0.6 is 15.9 Å². The molecule has 1 fully saturated rings. The molecule has 0 bridgehead atoms. The Morgan fingerprint density at radius 1 is 1.62 bits per heavy atom. The van der Waals surface area contributed by atoms with Crippen LogP contribution in [-0.2, 0) is 0 Å². The van der Waals surface area contributed by atoms with Gasteiger partial charge in [0.05, 0.1) is 6.33 Å². The number of aromatic amines is 1. The van der Waals surface area contributed by atoms with Crippen molar-refractivity contribution < 1.29 is 0 Å². The second-order valence-electron chi connectivity index (χ2n) is 3.99. The molecule has 1 aromatic heterocycles. The highest BCUT2D eigenvalue weighted by Crippen LogP contribution is 2.15. The molecule has 1 unspecified atom stereocenters. The zero-order valence-corrected chi connectivity index (χ0v) is 10.5. The predicted molar refractivity (Wildman–Crippen MR) is 66.6 cm³/mol. The lowest BCUT2D eigenvalue weighted by atomic mass is 10.00. The lowest BCUT2D eigenvalue weighted by Gasteiger charge is -2.23. The van der Waals surface area contributed by atoms with Crippen LogP contribution in [0.4, 0.5) is 5.82 Å². The molecule has 0 aliphatic carbocycles. The van der Waals surface area contributed by atoms with Crippen molar-refractivity contribution in [1.29, 1.82) is 0 Å². The minimum absolute atomic E-state index is 0.153. The Kier molecular flexibility index (Phi) is 3.95. The third-order valence-electron chi connectivity index (χ3n) is 2.75. The Morgan fingerprint density at radius 3 is 3.25 bits per heavy atom. The average Bonchev–Trinajstić information content (AvgIpc) is 2.32. The maximum atomic E-state index is 11.3. The van der Waals surface area contributed by atoms with Gasteiger partial charge < -0.3 is 15.6 Å². The number of nitrogens with zero attached hydrogens (tertiary/aromatic N) is 1. The van der Waals surface area contributed by atoms with E-state index in [2.05, 4.69) is 36.5 Å². The van der Waals surface area contributed by atoms with Crippen molar-refractivity contribution in [2.24, 2.45) is 5.92 Å². The second-order valence-corrected chi connectivity index (χ2v) is 4.78. The van der Waals surface area contributed by atoms with Crippen LogP contribution in [-0.4, -0.2) is 29.6 Å². The van der Waals surface area contributed by atoms with Gasteiger partial charge in [-0.05, 0) is 47.8 Å². The quantitative estimate of drug-likeness (QED) is 0.774. The summed E-state index contributed by atoms with van der Waals surface area (Å²) in [5.41, 5.74) is -0.153. The average molecular weight is 287 g/mol. The van der Waals surface area contributed by atoms with Crippen LogP contribution in [0, 0.1) is 5.92 Å². The minimum atomic E-state index is -0.153. The monoisotopic (exact) mass is 286 g/mol. The highest BCUT2D eigenvalue weighted by atomic mass is 79.9. The van der Waals surface area contributed by atoms with Gasteiger partial charge in [0.2, 0.25) is 0 Å². The van der Waals surface area contributed by atoms with Gasteiger partial charge in [0.1, 0.15) is 10.3 Å². The van der Waals surface area contributed by atoms with Gasteiger partial charge in [-0.25, -0.2) is 4.98 Å².